The van der Waals surface area contributed by atoms with Crippen molar-refractivity contribution in [3.05, 3.63) is 83.9 Å². The van der Waals surface area contributed by atoms with E-state index in [1.54, 1.807) is 12.0 Å². The summed E-state index contributed by atoms with van der Waals surface area (Å²) in [5, 5.41) is 0. The molecule has 5 rings (SSSR count). The fourth-order valence-corrected chi connectivity index (χ4v) is 4.54. The average Bonchev–Trinajstić information content (AvgIpc) is 2.90. The second kappa shape index (κ2) is 9.47. The van der Waals surface area contributed by atoms with Crippen LogP contribution in [0.5, 0.6) is 11.5 Å². The smallest absolute Gasteiger partial charge is 0.265 e. The SMILES string of the molecule is COc1ccccc1N1CCN(C(=O)c2cccc(CN3C(=O)COc4ccccc43)c2)CC1. The first-order valence-electron chi connectivity index (χ1n) is 11.4. The van der Waals surface area contributed by atoms with E-state index in [9.17, 15) is 9.59 Å². The number of fused-ring (bicyclic) bond motifs is 1. The van der Waals surface area contributed by atoms with Crippen LogP contribution in [0.25, 0.3) is 0 Å². The van der Waals surface area contributed by atoms with E-state index < -0.39 is 0 Å². The van der Waals surface area contributed by atoms with Gasteiger partial charge in [0.2, 0.25) is 0 Å². The number of piperazine rings is 1. The van der Waals surface area contributed by atoms with E-state index >= 15 is 0 Å². The minimum Gasteiger partial charge on any atom is -0.495 e. The van der Waals surface area contributed by atoms with Crippen molar-refractivity contribution < 1.29 is 19.1 Å². The van der Waals surface area contributed by atoms with E-state index in [1.807, 2.05) is 77.7 Å². The number of methoxy groups -OCH3 is 1. The first kappa shape index (κ1) is 21.8. The maximum Gasteiger partial charge on any atom is 0.265 e. The van der Waals surface area contributed by atoms with Gasteiger partial charge in [-0.15, -0.1) is 0 Å². The molecule has 0 unspecified atom stereocenters. The number of benzene rings is 3. The van der Waals surface area contributed by atoms with Gasteiger partial charge in [0, 0.05) is 31.7 Å². The molecule has 34 heavy (non-hydrogen) atoms. The zero-order valence-corrected chi connectivity index (χ0v) is 19.1. The summed E-state index contributed by atoms with van der Waals surface area (Å²) in [5.41, 5.74) is 3.35. The lowest BCUT2D eigenvalue weighted by atomic mass is 10.1. The highest BCUT2D eigenvalue weighted by Gasteiger charge is 2.27. The van der Waals surface area contributed by atoms with Crippen LogP contribution in [-0.4, -0.2) is 56.6 Å². The van der Waals surface area contributed by atoms with Gasteiger partial charge in [0.1, 0.15) is 11.5 Å². The molecule has 7 heteroatoms. The number of rotatable bonds is 5. The lowest BCUT2D eigenvalue weighted by molar-refractivity contribution is -0.121. The monoisotopic (exact) mass is 457 g/mol. The predicted molar refractivity (Wildman–Crippen MR) is 131 cm³/mol. The zero-order chi connectivity index (χ0) is 23.5. The zero-order valence-electron chi connectivity index (χ0n) is 19.1. The van der Waals surface area contributed by atoms with E-state index in [-0.39, 0.29) is 18.4 Å². The summed E-state index contributed by atoms with van der Waals surface area (Å²) in [6.45, 7) is 3.16. The fourth-order valence-electron chi connectivity index (χ4n) is 4.54. The molecule has 0 atom stereocenters. The largest absolute Gasteiger partial charge is 0.495 e. The van der Waals surface area contributed by atoms with Crippen LogP contribution >= 0.6 is 0 Å². The molecule has 3 aromatic carbocycles. The summed E-state index contributed by atoms with van der Waals surface area (Å²) in [6, 6.07) is 23.0. The maximum atomic E-state index is 13.3. The van der Waals surface area contributed by atoms with Gasteiger partial charge in [-0.25, -0.2) is 0 Å². The molecule has 0 spiro atoms. The third kappa shape index (κ3) is 4.29. The van der Waals surface area contributed by atoms with Crippen molar-refractivity contribution in [2.45, 2.75) is 6.54 Å². The summed E-state index contributed by atoms with van der Waals surface area (Å²) < 4.78 is 11.0. The van der Waals surface area contributed by atoms with Crippen molar-refractivity contribution in [1.82, 2.24) is 4.90 Å². The van der Waals surface area contributed by atoms with E-state index in [1.165, 1.54) is 0 Å². The molecule has 2 amide bonds. The van der Waals surface area contributed by atoms with Gasteiger partial charge >= 0.3 is 0 Å². The summed E-state index contributed by atoms with van der Waals surface area (Å²) in [7, 11) is 1.68. The second-order valence-corrected chi connectivity index (χ2v) is 8.39. The Morgan fingerprint density at radius 3 is 2.44 bits per heavy atom. The lowest BCUT2D eigenvalue weighted by Crippen LogP contribution is -2.48. The maximum absolute atomic E-state index is 13.3. The van der Waals surface area contributed by atoms with Crippen molar-refractivity contribution in [1.29, 1.82) is 0 Å². The summed E-state index contributed by atoms with van der Waals surface area (Å²) in [6.07, 6.45) is 0. The van der Waals surface area contributed by atoms with Gasteiger partial charge in [-0.05, 0) is 42.0 Å². The number of amides is 2. The van der Waals surface area contributed by atoms with E-state index in [2.05, 4.69) is 4.90 Å². The van der Waals surface area contributed by atoms with Gasteiger partial charge in [0.05, 0.1) is 25.0 Å². The Morgan fingerprint density at radius 1 is 0.912 bits per heavy atom. The number of carbonyl (C=O) groups is 2. The number of anilines is 2. The summed E-state index contributed by atoms with van der Waals surface area (Å²) >= 11 is 0. The number of carbonyl (C=O) groups excluding carboxylic acids is 2. The van der Waals surface area contributed by atoms with E-state index in [0.717, 1.165) is 35.8 Å². The van der Waals surface area contributed by atoms with Crippen LogP contribution in [0.4, 0.5) is 11.4 Å². The Labute approximate surface area is 199 Å². The number of hydrogen-bond donors (Lipinski definition) is 0. The van der Waals surface area contributed by atoms with Crippen LogP contribution < -0.4 is 19.3 Å². The van der Waals surface area contributed by atoms with Gasteiger partial charge in [-0.2, -0.15) is 0 Å². The standard InChI is InChI=1S/C27H27N3O4/c1-33-24-11-4-2-9-22(24)28-13-15-29(16-14-28)27(32)21-8-6-7-20(17-21)18-30-23-10-3-5-12-25(23)34-19-26(30)31/h2-12,17H,13-16,18-19H2,1H3. The Morgan fingerprint density at radius 2 is 1.65 bits per heavy atom. The summed E-state index contributed by atoms with van der Waals surface area (Å²) in [5.74, 6) is 1.45. The molecule has 1 fully saturated rings. The highest BCUT2D eigenvalue weighted by molar-refractivity contribution is 5.98. The minimum absolute atomic E-state index is 0.00947. The predicted octanol–water partition coefficient (Wildman–Crippen LogP) is 3.58. The second-order valence-electron chi connectivity index (χ2n) is 8.39. The molecule has 2 aliphatic heterocycles. The molecule has 174 valence electrons. The van der Waals surface area contributed by atoms with Gasteiger partial charge < -0.3 is 24.2 Å². The first-order valence-corrected chi connectivity index (χ1v) is 11.4. The number of hydrogen-bond acceptors (Lipinski definition) is 5. The van der Waals surface area contributed by atoms with Crippen LogP contribution in [0.15, 0.2) is 72.8 Å². The molecule has 0 aliphatic carbocycles. The normalized spacial score (nSPS) is 15.6. The van der Waals surface area contributed by atoms with Gasteiger partial charge in [-0.3, -0.25) is 9.59 Å². The minimum atomic E-state index is -0.0945. The third-order valence-corrected chi connectivity index (χ3v) is 6.32. The van der Waals surface area contributed by atoms with Crippen molar-refractivity contribution in [3.63, 3.8) is 0 Å². The first-order chi connectivity index (χ1) is 16.6. The van der Waals surface area contributed by atoms with Crippen molar-refractivity contribution in [2.75, 3.05) is 49.7 Å². The number of para-hydroxylation sites is 4. The molecule has 1 saturated heterocycles. The lowest BCUT2D eigenvalue weighted by Gasteiger charge is -2.36. The number of nitrogens with zero attached hydrogens (tertiary/aromatic N) is 3. The molecule has 3 aromatic rings. The molecule has 0 N–H and O–H groups in total. The topological polar surface area (TPSA) is 62.3 Å². The van der Waals surface area contributed by atoms with Gasteiger partial charge in [0.15, 0.2) is 6.61 Å². The van der Waals surface area contributed by atoms with Crippen LogP contribution in [0.2, 0.25) is 0 Å². The Hall–Kier alpha value is -4.00. The molecular formula is C27H27N3O4. The van der Waals surface area contributed by atoms with Gasteiger partial charge in [-0.1, -0.05) is 36.4 Å². The molecule has 0 bridgehead atoms. The Balaban J connectivity index is 1.27. The van der Waals surface area contributed by atoms with Crippen molar-refractivity contribution in [2.24, 2.45) is 0 Å². The van der Waals surface area contributed by atoms with Crippen molar-refractivity contribution >= 4 is 23.2 Å². The van der Waals surface area contributed by atoms with Crippen molar-refractivity contribution in [3.8, 4) is 11.5 Å². The molecule has 7 nitrogen and oxygen atoms in total. The Bertz CT molecular complexity index is 1200. The van der Waals surface area contributed by atoms with E-state index in [0.29, 0.717) is 30.9 Å². The molecule has 0 radical (unpaired) electrons. The summed E-state index contributed by atoms with van der Waals surface area (Å²) in [4.78, 5) is 31.6. The fraction of sp³-hybridized carbons (Fsp3) is 0.259. The Kier molecular flexibility index (Phi) is 6.08. The quantitative estimate of drug-likeness (QED) is 0.586. The van der Waals surface area contributed by atoms with Crippen LogP contribution in [-0.2, 0) is 11.3 Å². The van der Waals surface area contributed by atoms with Crippen LogP contribution in [0.3, 0.4) is 0 Å². The van der Waals surface area contributed by atoms with Gasteiger partial charge in [0.25, 0.3) is 11.8 Å². The number of ether oxygens (including phenoxy) is 2. The molecule has 2 aliphatic rings. The van der Waals surface area contributed by atoms with Crippen LogP contribution in [0.1, 0.15) is 15.9 Å². The highest BCUT2D eigenvalue weighted by atomic mass is 16.5. The average molecular weight is 458 g/mol. The molecular weight excluding hydrogens is 430 g/mol. The molecule has 2 heterocycles. The molecule has 0 aromatic heterocycles. The van der Waals surface area contributed by atoms with Crippen LogP contribution in [0, 0.1) is 0 Å². The van der Waals surface area contributed by atoms with E-state index in [4.69, 9.17) is 9.47 Å². The molecule has 0 saturated carbocycles. The third-order valence-electron chi connectivity index (χ3n) is 6.32. The highest BCUT2D eigenvalue weighted by Crippen LogP contribution is 2.33.